The van der Waals surface area contributed by atoms with Gasteiger partial charge in [-0.05, 0) is 11.8 Å². The van der Waals surface area contributed by atoms with Gasteiger partial charge in [-0.15, -0.1) is 0 Å². The van der Waals surface area contributed by atoms with Crippen LogP contribution in [-0.4, -0.2) is 66.0 Å². The number of hydrogen-bond acceptors (Lipinski definition) is 3. The van der Waals surface area contributed by atoms with Crippen molar-refractivity contribution in [1.29, 1.82) is 0 Å². The zero-order valence-corrected chi connectivity index (χ0v) is 13.8. The summed E-state index contributed by atoms with van der Waals surface area (Å²) in [4.78, 5) is 38.0. The Hall–Kier alpha value is -1.79. The number of nitrogens with one attached hydrogen (secondary N) is 1. The van der Waals surface area contributed by atoms with Crippen molar-refractivity contribution in [3.05, 3.63) is 0 Å². The van der Waals surface area contributed by atoms with E-state index in [0.717, 1.165) is 0 Å². The molecule has 0 aliphatic heterocycles. The van der Waals surface area contributed by atoms with Crippen molar-refractivity contribution in [2.24, 2.45) is 5.41 Å². The van der Waals surface area contributed by atoms with Crippen LogP contribution in [0.3, 0.4) is 0 Å². The zero-order chi connectivity index (χ0) is 16.8. The number of aliphatic carboxylic acids is 1. The van der Waals surface area contributed by atoms with Crippen molar-refractivity contribution in [1.82, 2.24) is 15.1 Å². The van der Waals surface area contributed by atoms with Crippen molar-refractivity contribution < 1.29 is 19.5 Å². The van der Waals surface area contributed by atoms with Gasteiger partial charge in [-0.1, -0.05) is 27.7 Å². The highest BCUT2D eigenvalue weighted by molar-refractivity contribution is 5.86. The van der Waals surface area contributed by atoms with Crippen molar-refractivity contribution in [3.63, 3.8) is 0 Å². The van der Waals surface area contributed by atoms with Gasteiger partial charge in [-0.2, -0.15) is 0 Å². The van der Waals surface area contributed by atoms with E-state index >= 15 is 0 Å². The van der Waals surface area contributed by atoms with Gasteiger partial charge >= 0.3 is 12.0 Å². The first kappa shape index (κ1) is 19.2. The molecule has 0 spiro atoms. The molecule has 7 nitrogen and oxygen atoms in total. The van der Waals surface area contributed by atoms with Crippen LogP contribution < -0.4 is 5.32 Å². The van der Waals surface area contributed by atoms with E-state index in [4.69, 9.17) is 0 Å². The summed E-state index contributed by atoms with van der Waals surface area (Å²) in [5, 5.41) is 11.7. The quantitative estimate of drug-likeness (QED) is 0.765. The molecule has 0 aromatic carbocycles. The maximum absolute atomic E-state index is 12.2. The van der Waals surface area contributed by atoms with Crippen LogP contribution in [-0.2, 0) is 9.59 Å². The van der Waals surface area contributed by atoms with E-state index < -0.39 is 23.5 Å². The van der Waals surface area contributed by atoms with Crippen LogP contribution in [0.1, 0.15) is 34.1 Å². The average molecular weight is 301 g/mol. The molecule has 0 bridgehead atoms. The topological polar surface area (TPSA) is 90.0 Å². The van der Waals surface area contributed by atoms with Gasteiger partial charge in [0, 0.05) is 20.6 Å². The highest BCUT2D eigenvalue weighted by atomic mass is 16.4. The number of amides is 3. The largest absolute Gasteiger partial charge is 0.480 e. The first-order chi connectivity index (χ1) is 9.50. The predicted molar refractivity (Wildman–Crippen MR) is 80.0 cm³/mol. The molecule has 122 valence electrons. The van der Waals surface area contributed by atoms with Gasteiger partial charge in [0.2, 0.25) is 5.91 Å². The van der Waals surface area contributed by atoms with Crippen LogP contribution in [0.2, 0.25) is 0 Å². The number of carboxylic acid groups (broad SMARTS) is 1. The maximum Gasteiger partial charge on any atom is 0.326 e. The Morgan fingerprint density at radius 1 is 1.19 bits per heavy atom. The van der Waals surface area contributed by atoms with Crippen molar-refractivity contribution in [3.8, 4) is 0 Å². The summed E-state index contributed by atoms with van der Waals surface area (Å²) in [5.74, 6) is -1.30. The van der Waals surface area contributed by atoms with Gasteiger partial charge in [0.25, 0.3) is 0 Å². The van der Waals surface area contributed by atoms with E-state index in [1.165, 1.54) is 9.80 Å². The van der Waals surface area contributed by atoms with Crippen molar-refractivity contribution >= 4 is 17.9 Å². The summed E-state index contributed by atoms with van der Waals surface area (Å²) in [7, 11) is 3.22. The number of carboxylic acids is 1. The van der Waals surface area contributed by atoms with Gasteiger partial charge in [0.05, 0.1) is 0 Å². The van der Waals surface area contributed by atoms with Crippen LogP contribution in [0.4, 0.5) is 4.79 Å². The molecule has 0 radical (unpaired) electrons. The second-order valence-corrected chi connectivity index (χ2v) is 6.30. The van der Waals surface area contributed by atoms with E-state index in [2.05, 4.69) is 5.32 Å². The number of carbonyl (C=O) groups is 3. The fourth-order valence-corrected chi connectivity index (χ4v) is 1.69. The lowest BCUT2D eigenvalue weighted by Crippen LogP contribution is -2.54. The monoisotopic (exact) mass is 301 g/mol. The normalized spacial score (nSPS) is 12.5. The van der Waals surface area contributed by atoms with Crippen LogP contribution in [0.15, 0.2) is 0 Å². The molecule has 7 heteroatoms. The fourth-order valence-electron chi connectivity index (χ4n) is 1.69. The van der Waals surface area contributed by atoms with Gasteiger partial charge in [-0.3, -0.25) is 4.79 Å². The molecule has 1 unspecified atom stereocenters. The molecule has 2 N–H and O–H groups in total. The summed E-state index contributed by atoms with van der Waals surface area (Å²) in [6, 6.07) is -1.55. The molecule has 21 heavy (non-hydrogen) atoms. The van der Waals surface area contributed by atoms with E-state index in [1.54, 1.807) is 34.9 Å². The SMILES string of the molecule is CCCN(CC(=O)N(C)C)C(=O)NC(C(=O)O)C(C)(C)C. The fraction of sp³-hybridized carbons (Fsp3) is 0.786. The third-order valence-electron chi connectivity index (χ3n) is 2.99. The lowest BCUT2D eigenvalue weighted by Gasteiger charge is -2.31. The molecular formula is C14H27N3O4. The van der Waals surface area contributed by atoms with Crippen LogP contribution in [0.5, 0.6) is 0 Å². The molecule has 3 amide bonds. The van der Waals surface area contributed by atoms with Crippen molar-refractivity contribution in [2.45, 2.75) is 40.2 Å². The Morgan fingerprint density at radius 3 is 2.05 bits per heavy atom. The summed E-state index contributed by atoms with van der Waals surface area (Å²) in [6.45, 7) is 7.42. The molecule has 0 heterocycles. The lowest BCUT2D eigenvalue weighted by molar-refractivity contribution is -0.142. The molecule has 0 rings (SSSR count). The van der Waals surface area contributed by atoms with Gasteiger partial charge < -0.3 is 20.2 Å². The standard InChI is InChI=1S/C14H27N3O4/c1-7-8-17(9-10(18)16(5)6)13(21)15-11(12(19)20)14(2,3)4/h11H,7-9H2,1-6H3,(H,15,21)(H,19,20). The van der Waals surface area contributed by atoms with E-state index in [1.807, 2.05) is 6.92 Å². The molecule has 1 atom stereocenters. The molecule has 0 aromatic heterocycles. The molecule has 0 aromatic rings. The van der Waals surface area contributed by atoms with Gasteiger partial charge in [0.15, 0.2) is 0 Å². The van der Waals surface area contributed by atoms with Crippen LogP contribution in [0, 0.1) is 5.41 Å². The second kappa shape index (κ2) is 7.85. The Balaban J connectivity index is 4.96. The molecule has 0 fully saturated rings. The van der Waals surface area contributed by atoms with E-state index in [0.29, 0.717) is 13.0 Å². The minimum absolute atomic E-state index is 0.0663. The zero-order valence-electron chi connectivity index (χ0n) is 13.8. The van der Waals surface area contributed by atoms with E-state index in [-0.39, 0.29) is 12.5 Å². The number of likely N-dealkylation sites (N-methyl/N-ethyl adjacent to an activating group) is 1. The number of carbonyl (C=O) groups excluding carboxylic acids is 2. The Kier molecular flexibility index (Phi) is 7.18. The third kappa shape index (κ3) is 6.46. The van der Waals surface area contributed by atoms with Crippen LogP contribution >= 0.6 is 0 Å². The number of urea groups is 1. The summed E-state index contributed by atoms with van der Waals surface area (Å²) in [5.41, 5.74) is -0.620. The van der Waals surface area contributed by atoms with Gasteiger partial charge in [-0.25, -0.2) is 9.59 Å². The highest BCUT2D eigenvalue weighted by Crippen LogP contribution is 2.19. The molecule has 0 saturated heterocycles. The number of rotatable bonds is 6. The molecular weight excluding hydrogens is 274 g/mol. The average Bonchev–Trinajstić information content (AvgIpc) is 2.32. The summed E-state index contributed by atoms with van der Waals surface area (Å²) in [6.07, 6.45) is 0.682. The number of hydrogen-bond donors (Lipinski definition) is 2. The Bertz CT molecular complexity index is 388. The minimum atomic E-state index is -1.09. The number of nitrogens with zero attached hydrogens (tertiary/aromatic N) is 2. The molecule has 0 saturated carbocycles. The van der Waals surface area contributed by atoms with Crippen LogP contribution in [0.25, 0.3) is 0 Å². The third-order valence-corrected chi connectivity index (χ3v) is 2.99. The Labute approximate surface area is 126 Å². The van der Waals surface area contributed by atoms with Gasteiger partial charge in [0.1, 0.15) is 12.6 Å². The minimum Gasteiger partial charge on any atom is -0.480 e. The Morgan fingerprint density at radius 2 is 1.71 bits per heavy atom. The molecule has 0 aliphatic carbocycles. The summed E-state index contributed by atoms with van der Waals surface area (Å²) >= 11 is 0. The summed E-state index contributed by atoms with van der Waals surface area (Å²) < 4.78 is 0. The highest BCUT2D eigenvalue weighted by Gasteiger charge is 2.34. The predicted octanol–water partition coefficient (Wildman–Crippen LogP) is 0.996. The molecule has 0 aliphatic rings. The first-order valence-corrected chi connectivity index (χ1v) is 6.99. The van der Waals surface area contributed by atoms with Crippen molar-refractivity contribution in [2.75, 3.05) is 27.2 Å². The maximum atomic E-state index is 12.2. The first-order valence-electron chi connectivity index (χ1n) is 6.99. The lowest BCUT2D eigenvalue weighted by atomic mass is 9.87. The van der Waals surface area contributed by atoms with E-state index in [9.17, 15) is 19.5 Å². The second-order valence-electron chi connectivity index (χ2n) is 6.30. The smallest absolute Gasteiger partial charge is 0.326 e.